The van der Waals surface area contributed by atoms with Crippen LogP contribution in [-0.4, -0.2) is 28.9 Å². The highest BCUT2D eigenvalue weighted by atomic mass is 16.4. The van der Waals surface area contributed by atoms with Crippen LogP contribution in [0.4, 0.5) is 0 Å². The number of hydrogen-bond acceptors (Lipinski definition) is 4. The number of aromatic nitrogens is 1. The summed E-state index contributed by atoms with van der Waals surface area (Å²) in [6, 6.07) is 2.24. The molecule has 0 atom stereocenters. The van der Waals surface area contributed by atoms with Crippen LogP contribution in [0.15, 0.2) is 4.42 Å². The molecule has 0 saturated carbocycles. The lowest BCUT2D eigenvalue weighted by atomic mass is 9.98. The van der Waals surface area contributed by atoms with Gasteiger partial charge in [-0.25, -0.2) is 4.98 Å². The first-order valence-corrected chi connectivity index (χ1v) is 5.74. The lowest BCUT2D eigenvalue weighted by Gasteiger charge is -2.28. The van der Waals surface area contributed by atoms with E-state index in [0.717, 1.165) is 12.8 Å². The molecule has 1 aromatic heterocycles. The molecular formula is C12H15N3O2. The Morgan fingerprint density at radius 1 is 1.47 bits per heavy atom. The van der Waals surface area contributed by atoms with Gasteiger partial charge < -0.3 is 9.32 Å². The molecule has 1 saturated heterocycles. The monoisotopic (exact) mass is 233 g/mol. The summed E-state index contributed by atoms with van der Waals surface area (Å²) in [6.45, 7) is 4.74. The third kappa shape index (κ3) is 2.31. The van der Waals surface area contributed by atoms with E-state index in [-0.39, 0.29) is 11.8 Å². The SMILES string of the molecule is Cc1nc(C)c(C(=O)N2CCC(C#N)CC2)o1. The topological polar surface area (TPSA) is 70.1 Å². The molecule has 17 heavy (non-hydrogen) atoms. The van der Waals surface area contributed by atoms with Gasteiger partial charge in [0, 0.05) is 25.9 Å². The molecule has 0 N–H and O–H groups in total. The Balaban J connectivity index is 2.07. The van der Waals surface area contributed by atoms with E-state index in [1.165, 1.54) is 0 Å². The lowest BCUT2D eigenvalue weighted by molar-refractivity contribution is 0.0672. The number of piperidine rings is 1. The van der Waals surface area contributed by atoms with Gasteiger partial charge in [0.25, 0.3) is 5.91 Å². The fourth-order valence-electron chi connectivity index (χ4n) is 2.09. The van der Waals surface area contributed by atoms with Gasteiger partial charge in [-0.3, -0.25) is 4.79 Å². The Labute approximate surface area is 100 Å². The first kappa shape index (κ1) is 11.6. The van der Waals surface area contributed by atoms with E-state index in [4.69, 9.17) is 9.68 Å². The quantitative estimate of drug-likeness (QED) is 0.739. The van der Waals surface area contributed by atoms with E-state index < -0.39 is 0 Å². The summed E-state index contributed by atoms with van der Waals surface area (Å²) in [5.41, 5.74) is 0.634. The molecule has 1 amide bonds. The Kier molecular flexibility index (Phi) is 3.14. The van der Waals surface area contributed by atoms with Crippen molar-refractivity contribution in [3.63, 3.8) is 0 Å². The van der Waals surface area contributed by atoms with Gasteiger partial charge in [-0.05, 0) is 19.8 Å². The second kappa shape index (κ2) is 4.58. The van der Waals surface area contributed by atoms with Gasteiger partial charge in [0.15, 0.2) is 5.89 Å². The van der Waals surface area contributed by atoms with Crippen molar-refractivity contribution in [2.45, 2.75) is 26.7 Å². The van der Waals surface area contributed by atoms with Crippen molar-refractivity contribution in [3.8, 4) is 6.07 Å². The van der Waals surface area contributed by atoms with Crippen LogP contribution >= 0.6 is 0 Å². The van der Waals surface area contributed by atoms with Gasteiger partial charge >= 0.3 is 0 Å². The van der Waals surface area contributed by atoms with E-state index in [1.807, 2.05) is 0 Å². The summed E-state index contributed by atoms with van der Waals surface area (Å²) in [5, 5.41) is 8.80. The zero-order valence-electron chi connectivity index (χ0n) is 10.1. The van der Waals surface area contributed by atoms with Crippen LogP contribution in [0.25, 0.3) is 0 Å². The van der Waals surface area contributed by atoms with Crippen molar-refractivity contribution in [3.05, 3.63) is 17.3 Å². The molecule has 1 aromatic rings. The maximum atomic E-state index is 12.1. The van der Waals surface area contributed by atoms with Gasteiger partial charge in [-0.2, -0.15) is 5.26 Å². The second-order valence-corrected chi connectivity index (χ2v) is 4.34. The summed E-state index contributed by atoms with van der Waals surface area (Å²) < 4.78 is 5.32. The maximum absolute atomic E-state index is 12.1. The molecule has 0 aliphatic carbocycles. The summed E-state index contributed by atoms with van der Waals surface area (Å²) in [5.74, 6) is 0.812. The van der Waals surface area contributed by atoms with E-state index in [2.05, 4.69) is 11.1 Å². The Morgan fingerprint density at radius 2 is 2.12 bits per heavy atom. The molecule has 0 spiro atoms. The molecule has 2 rings (SSSR count). The number of carbonyl (C=O) groups excluding carboxylic acids is 1. The predicted molar refractivity (Wildman–Crippen MR) is 60.2 cm³/mol. The minimum Gasteiger partial charge on any atom is -0.436 e. The third-order valence-electron chi connectivity index (χ3n) is 3.06. The minimum absolute atomic E-state index is 0.0802. The molecule has 2 heterocycles. The smallest absolute Gasteiger partial charge is 0.291 e. The molecule has 0 bridgehead atoms. The van der Waals surface area contributed by atoms with Crippen LogP contribution in [0.1, 0.15) is 35.0 Å². The molecule has 1 aliphatic rings. The highest BCUT2D eigenvalue weighted by molar-refractivity contribution is 5.92. The first-order valence-electron chi connectivity index (χ1n) is 5.74. The Hall–Kier alpha value is -1.83. The van der Waals surface area contributed by atoms with Crippen molar-refractivity contribution in [1.82, 2.24) is 9.88 Å². The molecule has 0 unspecified atom stereocenters. The van der Waals surface area contributed by atoms with Crippen LogP contribution in [0.2, 0.25) is 0 Å². The average Bonchev–Trinajstić information content (AvgIpc) is 2.68. The van der Waals surface area contributed by atoms with Crippen molar-refractivity contribution >= 4 is 5.91 Å². The molecule has 90 valence electrons. The molecular weight excluding hydrogens is 218 g/mol. The van der Waals surface area contributed by atoms with Crippen LogP contribution in [0, 0.1) is 31.1 Å². The van der Waals surface area contributed by atoms with Gasteiger partial charge in [0.05, 0.1) is 11.8 Å². The number of oxazole rings is 1. The summed E-state index contributed by atoms with van der Waals surface area (Å²) in [4.78, 5) is 18.0. The molecule has 5 nitrogen and oxygen atoms in total. The van der Waals surface area contributed by atoms with Crippen molar-refractivity contribution in [2.24, 2.45) is 5.92 Å². The zero-order valence-corrected chi connectivity index (χ0v) is 10.1. The van der Waals surface area contributed by atoms with Crippen LogP contribution in [-0.2, 0) is 0 Å². The Morgan fingerprint density at radius 3 is 2.59 bits per heavy atom. The number of hydrogen-bond donors (Lipinski definition) is 0. The van der Waals surface area contributed by atoms with E-state index in [0.29, 0.717) is 30.4 Å². The number of amides is 1. The van der Waals surface area contributed by atoms with Gasteiger partial charge in [-0.15, -0.1) is 0 Å². The minimum atomic E-state index is -0.112. The van der Waals surface area contributed by atoms with Crippen LogP contribution in [0.5, 0.6) is 0 Å². The van der Waals surface area contributed by atoms with E-state index >= 15 is 0 Å². The number of nitrogens with zero attached hydrogens (tertiary/aromatic N) is 3. The van der Waals surface area contributed by atoms with Crippen molar-refractivity contribution in [1.29, 1.82) is 5.26 Å². The summed E-state index contributed by atoms with van der Waals surface area (Å²) >= 11 is 0. The highest BCUT2D eigenvalue weighted by Crippen LogP contribution is 2.19. The molecule has 1 fully saturated rings. The summed E-state index contributed by atoms with van der Waals surface area (Å²) in [7, 11) is 0. The number of carbonyl (C=O) groups is 1. The normalized spacial score (nSPS) is 16.9. The molecule has 0 radical (unpaired) electrons. The predicted octanol–water partition coefficient (Wildman–Crippen LogP) is 1.67. The molecule has 0 aromatic carbocycles. The van der Waals surface area contributed by atoms with Crippen molar-refractivity contribution < 1.29 is 9.21 Å². The van der Waals surface area contributed by atoms with E-state index in [1.54, 1.807) is 18.7 Å². The Bertz CT molecular complexity index is 465. The number of likely N-dealkylation sites (tertiary alicyclic amines) is 1. The average molecular weight is 233 g/mol. The van der Waals surface area contributed by atoms with Gasteiger partial charge in [0.1, 0.15) is 0 Å². The number of rotatable bonds is 1. The summed E-state index contributed by atoms with van der Waals surface area (Å²) in [6.07, 6.45) is 1.49. The van der Waals surface area contributed by atoms with Crippen molar-refractivity contribution in [2.75, 3.05) is 13.1 Å². The van der Waals surface area contributed by atoms with Gasteiger partial charge in [0.2, 0.25) is 5.76 Å². The van der Waals surface area contributed by atoms with Gasteiger partial charge in [-0.1, -0.05) is 0 Å². The standard InChI is InChI=1S/C12H15N3O2/c1-8-11(17-9(2)14-8)12(16)15-5-3-10(7-13)4-6-15/h10H,3-6H2,1-2H3. The number of aryl methyl sites for hydroxylation is 2. The fraction of sp³-hybridized carbons (Fsp3) is 0.583. The fourth-order valence-corrected chi connectivity index (χ4v) is 2.09. The lowest BCUT2D eigenvalue weighted by Crippen LogP contribution is -2.38. The number of nitriles is 1. The van der Waals surface area contributed by atoms with Crippen LogP contribution in [0.3, 0.4) is 0 Å². The van der Waals surface area contributed by atoms with E-state index in [9.17, 15) is 4.79 Å². The largest absolute Gasteiger partial charge is 0.436 e. The zero-order chi connectivity index (χ0) is 12.4. The third-order valence-corrected chi connectivity index (χ3v) is 3.06. The second-order valence-electron chi connectivity index (χ2n) is 4.34. The maximum Gasteiger partial charge on any atom is 0.291 e. The van der Waals surface area contributed by atoms with Crippen LogP contribution < -0.4 is 0 Å². The first-order chi connectivity index (χ1) is 8.11. The molecule has 5 heteroatoms. The molecule has 1 aliphatic heterocycles. The highest BCUT2D eigenvalue weighted by Gasteiger charge is 2.26.